The first-order chi connectivity index (χ1) is 14.0. The molecule has 0 radical (unpaired) electrons. The van der Waals surface area contributed by atoms with Crippen molar-refractivity contribution in [1.82, 2.24) is 4.31 Å². The summed E-state index contributed by atoms with van der Waals surface area (Å²) in [6.45, 7) is 1.16. The molecule has 2 aromatic rings. The number of sulfonamides is 1. The van der Waals surface area contributed by atoms with E-state index in [-0.39, 0.29) is 10.8 Å². The van der Waals surface area contributed by atoms with Gasteiger partial charge < -0.3 is 5.32 Å². The Morgan fingerprint density at radius 2 is 1.52 bits per heavy atom. The second-order valence-corrected chi connectivity index (χ2v) is 11.8. The molecule has 4 rings (SSSR count). The van der Waals surface area contributed by atoms with Crippen molar-refractivity contribution in [3.63, 3.8) is 0 Å². The van der Waals surface area contributed by atoms with Crippen LogP contribution in [0.4, 0.5) is 5.69 Å². The van der Waals surface area contributed by atoms with Crippen LogP contribution in [0.15, 0.2) is 53.4 Å². The highest BCUT2D eigenvalue weighted by Gasteiger charge is 2.25. The van der Waals surface area contributed by atoms with Crippen LogP contribution in [0.3, 0.4) is 0 Å². The number of carbonyl (C=O) groups is 1. The summed E-state index contributed by atoms with van der Waals surface area (Å²) in [5, 5.41) is 2.85. The maximum atomic E-state index is 12.7. The number of piperidine rings is 1. The zero-order valence-electron chi connectivity index (χ0n) is 16.0. The van der Waals surface area contributed by atoms with Crippen LogP contribution in [0.5, 0.6) is 0 Å². The van der Waals surface area contributed by atoms with E-state index in [4.69, 9.17) is 0 Å². The van der Waals surface area contributed by atoms with Gasteiger partial charge in [0.05, 0.1) is 9.48 Å². The van der Waals surface area contributed by atoms with E-state index in [9.17, 15) is 13.2 Å². The van der Waals surface area contributed by atoms with Crippen LogP contribution in [0, 0.1) is 0 Å². The molecular weight excluding hydrogens is 424 g/mol. The van der Waals surface area contributed by atoms with E-state index < -0.39 is 10.0 Å². The first-order valence-corrected chi connectivity index (χ1v) is 13.3. The van der Waals surface area contributed by atoms with Crippen LogP contribution in [-0.4, -0.2) is 43.2 Å². The van der Waals surface area contributed by atoms with Crippen LogP contribution < -0.4 is 5.32 Å². The van der Waals surface area contributed by atoms with Gasteiger partial charge in [-0.3, -0.25) is 4.79 Å². The summed E-state index contributed by atoms with van der Waals surface area (Å²) in [5.41, 5.74) is 2.41. The predicted octanol–water partition coefficient (Wildman–Crippen LogP) is 4.59. The number of thioether (sulfide) groups is 2. The fraction of sp³-hybridized carbons (Fsp3) is 0.381. The average Bonchev–Trinajstić information content (AvgIpc) is 3.30. The second kappa shape index (κ2) is 9.12. The highest BCUT2D eigenvalue weighted by Crippen LogP contribution is 2.45. The Balaban J connectivity index is 1.41. The molecule has 1 amide bonds. The Hall–Kier alpha value is -1.48. The van der Waals surface area contributed by atoms with Crippen LogP contribution in [0.25, 0.3) is 0 Å². The normalized spacial score (nSPS) is 18.6. The summed E-state index contributed by atoms with van der Waals surface area (Å²) in [6.07, 6.45) is 2.89. The number of benzene rings is 2. The molecule has 0 unspecified atom stereocenters. The maximum Gasteiger partial charge on any atom is 0.255 e. The Morgan fingerprint density at radius 1 is 0.897 bits per heavy atom. The highest BCUT2D eigenvalue weighted by atomic mass is 32.2. The topological polar surface area (TPSA) is 66.5 Å². The molecule has 29 heavy (non-hydrogen) atoms. The van der Waals surface area contributed by atoms with Gasteiger partial charge in [-0.05, 0) is 54.8 Å². The second-order valence-electron chi connectivity index (χ2n) is 7.14. The Kier molecular flexibility index (Phi) is 6.53. The Labute approximate surface area is 180 Å². The zero-order valence-corrected chi connectivity index (χ0v) is 18.5. The summed E-state index contributed by atoms with van der Waals surface area (Å²) in [4.78, 5) is 12.8. The van der Waals surface area contributed by atoms with Gasteiger partial charge in [0.2, 0.25) is 10.0 Å². The van der Waals surface area contributed by atoms with Gasteiger partial charge in [0.15, 0.2) is 0 Å². The van der Waals surface area contributed by atoms with Gasteiger partial charge in [-0.1, -0.05) is 18.6 Å². The van der Waals surface area contributed by atoms with Crippen LogP contribution in [0.2, 0.25) is 0 Å². The number of amides is 1. The Morgan fingerprint density at radius 3 is 2.14 bits per heavy atom. The van der Waals surface area contributed by atoms with Crippen molar-refractivity contribution in [2.75, 3.05) is 29.9 Å². The third-order valence-electron chi connectivity index (χ3n) is 5.13. The summed E-state index contributed by atoms with van der Waals surface area (Å²) < 4.78 is 27.4. The first-order valence-electron chi connectivity index (χ1n) is 9.79. The number of rotatable bonds is 5. The summed E-state index contributed by atoms with van der Waals surface area (Å²) in [5.74, 6) is 2.14. The molecule has 2 fully saturated rings. The van der Waals surface area contributed by atoms with Crippen molar-refractivity contribution < 1.29 is 13.2 Å². The van der Waals surface area contributed by atoms with Crippen molar-refractivity contribution in [2.45, 2.75) is 28.7 Å². The molecule has 2 aliphatic heterocycles. The van der Waals surface area contributed by atoms with E-state index in [0.717, 1.165) is 19.3 Å². The van der Waals surface area contributed by atoms with Gasteiger partial charge >= 0.3 is 0 Å². The molecule has 2 aromatic carbocycles. The van der Waals surface area contributed by atoms with Gasteiger partial charge in [0.1, 0.15) is 0 Å². The molecule has 2 aliphatic rings. The van der Waals surface area contributed by atoms with E-state index in [0.29, 0.717) is 28.9 Å². The number of carbonyl (C=O) groups excluding carboxylic acids is 1. The van der Waals surface area contributed by atoms with Gasteiger partial charge in [-0.15, -0.1) is 23.5 Å². The SMILES string of the molecule is O=C(Nc1ccc(S(=O)(=O)N2CCCCC2)cc1)c1ccc(C2SCCS2)cc1. The van der Waals surface area contributed by atoms with E-state index >= 15 is 0 Å². The monoisotopic (exact) mass is 448 g/mol. The largest absolute Gasteiger partial charge is 0.322 e. The third-order valence-corrected chi connectivity index (χ3v) is 10.1. The lowest BCUT2D eigenvalue weighted by Gasteiger charge is -2.25. The molecule has 8 heteroatoms. The number of hydrogen-bond donors (Lipinski definition) is 1. The molecule has 154 valence electrons. The molecule has 0 saturated carbocycles. The quantitative estimate of drug-likeness (QED) is 0.725. The number of nitrogens with zero attached hydrogens (tertiary/aromatic N) is 1. The average molecular weight is 449 g/mol. The molecule has 0 bridgehead atoms. The van der Waals surface area contributed by atoms with Crippen molar-refractivity contribution in [1.29, 1.82) is 0 Å². The van der Waals surface area contributed by atoms with Crippen molar-refractivity contribution in [3.05, 3.63) is 59.7 Å². The molecule has 5 nitrogen and oxygen atoms in total. The summed E-state index contributed by atoms with van der Waals surface area (Å²) in [7, 11) is -3.46. The van der Waals surface area contributed by atoms with Crippen molar-refractivity contribution >= 4 is 45.1 Å². The van der Waals surface area contributed by atoms with Crippen LogP contribution in [-0.2, 0) is 10.0 Å². The van der Waals surface area contributed by atoms with Crippen molar-refractivity contribution in [2.24, 2.45) is 0 Å². The lowest BCUT2D eigenvalue weighted by atomic mass is 10.1. The fourth-order valence-corrected chi connectivity index (χ4v) is 7.89. The molecule has 0 aliphatic carbocycles. The van der Waals surface area contributed by atoms with Gasteiger partial charge in [-0.25, -0.2) is 8.42 Å². The zero-order chi connectivity index (χ0) is 20.3. The summed E-state index contributed by atoms with van der Waals surface area (Å²) >= 11 is 3.87. The molecule has 0 spiro atoms. The highest BCUT2D eigenvalue weighted by molar-refractivity contribution is 8.19. The standard InChI is InChI=1S/C21H24N2O3S3/c24-20(16-4-6-17(7-5-16)21-27-14-15-28-21)22-18-8-10-19(11-9-18)29(25,26)23-12-2-1-3-13-23/h4-11,21H,1-3,12-15H2,(H,22,24). The van der Waals surface area contributed by atoms with Gasteiger partial charge in [0, 0.05) is 35.8 Å². The molecule has 0 atom stereocenters. The van der Waals surface area contributed by atoms with E-state index in [1.807, 2.05) is 47.8 Å². The van der Waals surface area contributed by atoms with E-state index in [1.165, 1.54) is 17.1 Å². The lowest BCUT2D eigenvalue weighted by Crippen LogP contribution is -2.35. The first kappa shape index (κ1) is 20.8. The van der Waals surface area contributed by atoms with Gasteiger partial charge in [-0.2, -0.15) is 4.31 Å². The van der Waals surface area contributed by atoms with E-state index in [2.05, 4.69) is 5.32 Å². The minimum atomic E-state index is -3.46. The lowest BCUT2D eigenvalue weighted by molar-refractivity contribution is 0.102. The molecule has 1 N–H and O–H groups in total. The third kappa shape index (κ3) is 4.82. The number of hydrogen-bond acceptors (Lipinski definition) is 5. The molecule has 2 heterocycles. The number of nitrogens with one attached hydrogen (secondary N) is 1. The van der Waals surface area contributed by atoms with Crippen LogP contribution >= 0.6 is 23.5 Å². The predicted molar refractivity (Wildman–Crippen MR) is 121 cm³/mol. The minimum absolute atomic E-state index is 0.199. The van der Waals surface area contributed by atoms with Crippen LogP contribution in [0.1, 0.15) is 39.8 Å². The Bertz CT molecular complexity index is 948. The van der Waals surface area contributed by atoms with E-state index in [1.54, 1.807) is 28.6 Å². The van der Waals surface area contributed by atoms with Crippen molar-refractivity contribution in [3.8, 4) is 0 Å². The molecule has 2 saturated heterocycles. The fourth-order valence-electron chi connectivity index (χ4n) is 3.51. The van der Waals surface area contributed by atoms with Gasteiger partial charge in [0.25, 0.3) is 5.91 Å². The molecular formula is C21H24N2O3S3. The maximum absolute atomic E-state index is 12.7. The number of anilines is 1. The molecule has 0 aromatic heterocycles. The summed E-state index contributed by atoms with van der Waals surface area (Å²) in [6, 6.07) is 14.1. The minimum Gasteiger partial charge on any atom is -0.322 e. The smallest absolute Gasteiger partial charge is 0.255 e.